The molecule has 20 heavy (non-hydrogen) atoms. The minimum absolute atomic E-state index is 0.0225. The fourth-order valence-corrected chi connectivity index (χ4v) is 2.82. The standard InChI is InChI=1S/C13H19Cl2N3O2/c1-3-20-10-4-9(5-10)18(13(19)6-14)8-12-11(15)7-16-17(12)2/h7,9-10H,3-6,8H2,1-2H3. The van der Waals surface area contributed by atoms with E-state index in [1.165, 1.54) is 0 Å². The number of alkyl halides is 1. The summed E-state index contributed by atoms with van der Waals surface area (Å²) in [6, 6.07) is 0.170. The molecular weight excluding hydrogens is 301 g/mol. The van der Waals surface area contributed by atoms with Crippen molar-refractivity contribution in [2.45, 2.75) is 38.5 Å². The van der Waals surface area contributed by atoms with E-state index in [-0.39, 0.29) is 23.9 Å². The van der Waals surface area contributed by atoms with Gasteiger partial charge in [-0.05, 0) is 19.8 Å². The Morgan fingerprint density at radius 1 is 1.60 bits per heavy atom. The maximum absolute atomic E-state index is 12.0. The molecule has 2 rings (SSSR count). The normalized spacial score (nSPS) is 21.6. The Morgan fingerprint density at radius 2 is 2.30 bits per heavy atom. The van der Waals surface area contributed by atoms with E-state index >= 15 is 0 Å². The first-order valence-corrected chi connectivity index (χ1v) is 7.61. The number of ether oxygens (including phenoxy) is 1. The van der Waals surface area contributed by atoms with Gasteiger partial charge in [0.15, 0.2) is 0 Å². The number of aromatic nitrogens is 2. The van der Waals surface area contributed by atoms with Gasteiger partial charge in [0.25, 0.3) is 0 Å². The van der Waals surface area contributed by atoms with Gasteiger partial charge in [0.1, 0.15) is 5.88 Å². The second kappa shape index (κ2) is 6.78. The van der Waals surface area contributed by atoms with Crippen LogP contribution in [0.5, 0.6) is 0 Å². The van der Waals surface area contributed by atoms with Crippen molar-refractivity contribution >= 4 is 29.1 Å². The highest BCUT2D eigenvalue weighted by Gasteiger charge is 2.36. The lowest BCUT2D eigenvalue weighted by atomic mass is 9.87. The molecular formula is C13H19Cl2N3O2. The summed E-state index contributed by atoms with van der Waals surface area (Å²) in [6.07, 6.45) is 3.54. The number of rotatable bonds is 6. The molecule has 1 saturated carbocycles. The number of halogens is 2. The highest BCUT2D eigenvalue weighted by atomic mass is 35.5. The lowest BCUT2D eigenvalue weighted by molar-refractivity contribution is -0.137. The summed E-state index contributed by atoms with van der Waals surface area (Å²) in [7, 11) is 1.81. The van der Waals surface area contributed by atoms with Crippen LogP contribution in [0.15, 0.2) is 6.20 Å². The van der Waals surface area contributed by atoms with Gasteiger partial charge in [-0.2, -0.15) is 5.10 Å². The number of aryl methyl sites for hydroxylation is 1. The molecule has 0 atom stereocenters. The Balaban J connectivity index is 2.04. The summed E-state index contributed by atoms with van der Waals surface area (Å²) >= 11 is 11.8. The van der Waals surface area contributed by atoms with E-state index in [2.05, 4.69) is 5.10 Å². The molecule has 0 bridgehead atoms. The van der Waals surface area contributed by atoms with E-state index in [1.54, 1.807) is 15.8 Å². The second-order valence-electron chi connectivity index (χ2n) is 4.92. The molecule has 0 saturated heterocycles. The quantitative estimate of drug-likeness (QED) is 0.755. The monoisotopic (exact) mass is 319 g/mol. The van der Waals surface area contributed by atoms with Gasteiger partial charge in [0.2, 0.25) is 5.91 Å². The molecule has 112 valence electrons. The van der Waals surface area contributed by atoms with Crippen LogP contribution < -0.4 is 0 Å². The topological polar surface area (TPSA) is 47.4 Å². The largest absolute Gasteiger partial charge is 0.378 e. The maximum Gasteiger partial charge on any atom is 0.238 e. The Kier molecular flexibility index (Phi) is 5.29. The fourth-order valence-electron chi connectivity index (χ4n) is 2.44. The number of carbonyl (C=O) groups excluding carboxylic acids is 1. The molecule has 5 nitrogen and oxygen atoms in total. The summed E-state index contributed by atoms with van der Waals surface area (Å²) in [4.78, 5) is 13.8. The van der Waals surface area contributed by atoms with Gasteiger partial charge in [-0.25, -0.2) is 0 Å². The Labute approximate surface area is 128 Å². The van der Waals surface area contributed by atoms with E-state index in [0.29, 0.717) is 18.2 Å². The zero-order chi connectivity index (χ0) is 14.7. The Hall–Kier alpha value is -0.780. The fraction of sp³-hybridized carbons (Fsp3) is 0.692. The van der Waals surface area contributed by atoms with Crippen molar-refractivity contribution < 1.29 is 9.53 Å². The average molecular weight is 320 g/mol. The summed E-state index contributed by atoms with van der Waals surface area (Å²) in [5.74, 6) is -0.102. The zero-order valence-electron chi connectivity index (χ0n) is 11.7. The highest BCUT2D eigenvalue weighted by Crippen LogP contribution is 2.30. The molecule has 1 aromatic rings. The average Bonchev–Trinajstić information content (AvgIpc) is 2.70. The van der Waals surface area contributed by atoms with Gasteiger partial charge < -0.3 is 9.64 Å². The molecule has 1 aliphatic rings. The van der Waals surface area contributed by atoms with Gasteiger partial charge in [-0.1, -0.05) is 11.6 Å². The first-order valence-electron chi connectivity index (χ1n) is 6.70. The smallest absolute Gasteiger partial charge is 0.238 e. The first-order chi connectivity index (χ1) is 9.56. The third kappa shape index (κ3) is 3.27. The molecule has 1 aliphatic carbocycles. The second-order valence-corrected chi connectivity index (χ2v) is 5.60. The predicted octanol–water partition coefficient (Wildman–Crippen LogP) is 2.21. The summed E-state index contributed by atoms with van der Waals surface area (Å²) in [5.41, 5.74) is 0.824. The zero-order valence-corrected chi connectivity index (χ0v) is 13.2. The molecule has 0 N–H and O–H groups in total. The van der Waals surface area contributed by atoms with E-state index in [0.717, 1.165) is 18.5 Å². The number of hydrogen-bond acceptors (Lipinski definition) is 3. The van der Waals surface area contributed by atoms with Crippen LogP contribution in [-0.4, -0.2) is 45.2 Å². The van der Waals surface area contributed by atoms with Crippen molar-refractivity contribution in [2.75, 3.05) is 12.5 Å². The van der Waals surface area contributed by atoms with E-state index < -0.39 is 0 Å². The molecule has 0 aliphatic heterocycles. The SMILES string of the molecule is CCOC1CC(N(Cc2c(Cl)cnn2C)C(=O)CCl)C1. The van der Waals surface area contributed by atoms with Gasteiger partial charge in [0, 0.05) is 19.7 Å². The van der Waals surface area contributed by atoms with Crippen molar-refractivity contribution in [2.24, 2.45) is 7.05 Å². The molecule has 0 aromatic carbocycles. The van der Waals surface area contributed by atoms with Crippen LogP contribution >= 0.6 is 23.2 Å². The van der Waals surface area contributed by atoms with Crippen LogP contribution in [0, 0.1) is 0 Å². The van der Waals surface area contributed by atoms with Crippen molar-refractivity contribution in [1.29, 1.82) is 0 Å². The Morgan fingerprint density at radius 3 is 2.80 bits per heavy atom. The van der Waals surface area contributed by atoms with Crippen molar-refractivity contribution in [3.63, 3.8) is 0 Å². The van der Waals surface area contributed by atoms with Crippen molar-refractivity contribution in [1.82, 2.24) is 14.7 Å². The molecule has 0 radical (unpaired) electrons. The van der Waals surface area contributed by atoms with Gasteiger partial charge in [-0.3, -0.25) is 9.48 Å². The highest BCUT2D eigenvalue weighted by molar-refractivity contribution is 6.31. The lowest BCUT2D eigenvalue weighted by Crippen LogP contribution is -2.50. The van der Waals surface area contributed by atoms with Crippen molar-refractivity contribution in [3.05, 3.63) is 16.9 Å². The lowest BCUT2D eigenvalue weighted by Gasteiger charge is -2.42. The van der Waals surface area contributed by atoms with E-state index in [4.69, 9.17) is 27.9 Å². The minimum Gasteiger partial charge on any atom is -0.378 e. The molecule has 0 spiro atoms. The third-order valence-corrected chi connectivity index (χ3v) is 4.22. The minimum atomic E-state index is -0.0797. The summed E-state index contributed by atoms with van der Waals surface area (Å²) in [6.45, 7) is 3.11. The molecule has 1 fully saturated rings. The van der Waals surface area contributed by atoms with Crippen molar-refractivity contribution in [3.8, 4) is 0 Å². The van der Waals surface area contributed by atoms with Crippen LogP contribution in [0.3, 0.4) is 0 Å². The van der Waals surface area contributed by atoms with Crippen LogP contribution in [0.2, 0.25) is 5.02 Å². The third-order valence-electron chi connectivity index (χ3n) is 3.68. The molecule has 7 heteroatoms. The number of amides is 1. The predicted molar refractivity (Wildman–Crippen MR) is 77.9 cm³/mol. The van der Waals surface area contributed by atoms with Crippen LogP contribution in [0.1, 0.15) is 25.5 Å². The Bertz CT molecular complexity index is 453. The summed E-state index contributed by atoms with van der Waals surface area (Å²) < 4.78 is 7.23. The molecule has 1 amide bonds. The number of carbonyl (C=O) groups is 1. The number of hydrogen-bond donors (Lipinski definition) is 0. The molecule has 0 unspecified atom stereocenters. The van der Waals surface area contributed by atoms with Gasteiger partial charge in [0.05, 0.1) is 29.6 Å². The first kappa shape index (κ1) is 15.6. The molecule has 1 aromatic heterocycles. The van der Waals surface area contributed by atoms with Crippen LogP contribution in [-0.2, 0) is 23.1 Å². The van der Waals surface area contributed by atoms with Gasteiger partial charge in [-0.15, -0.1) is 11.6 Å². The molecule has 1 heterocycles. The summed E-state index contributed by atoms with van der Waals surface area (Å²) in [5, 5.41) is 4.66. The van der Waals surface area contributed by atoms with Gasteiger partial charge >= 0.3 is 0 Å². The van der Waals surface area contributed by atoms with E-state index in [1.807, 2.05) is 14.0 Å². The number of nitrogens with zero attached hydrogens (tertiary/aromatic N) is 3. The van der Waals surface area contributed by atoms with E-state index in [9.17, 15) is 4.79 Å². The maximum atomic E-state index is 12.0. The van der Waals surface area contributed by atoms with Crippen LogP contribution in [0.25, 0.3) is 0 Å². The van der Waals surface area contributed by atoms with Crippen LogP contribution in [0.4, 0.5) is 0 Å².